The maximum atomic E-state index is 11.9. The van der Waals surface area contributed by atoms with Gasteiger partial charge >= 0.3 is 0 Å². The Kier molecular flexibility index (Phi) is 4.97. The highest BCUT2D eigenvalue weighted by Crippen LogP contribution is 2.21. The number of halogens is 1. The molecule has 1 atom stereocenters. The van der Waals surface area contributed by atoms with Gasteiger partial charge in [-0.2, -0.15) is 0 Å². The van der Waals surface area contributed by atoms with Crippen LogP contribution in [0.25, 0.3) is 0 Å². The number of carbonyl (C=O) groups is 1. The highest BCUT2D eigenvalue weighted by Gasteiger charge is 2.27. The third-order valence-corrected chi connectivity index (χ3v) is 2.37. The Morgan fingerprint density at radius 1 is 1.25 bits per heavy atom. The lowest BCUT2D eigenvalue weighted by molar-refractivity contribution is 0.0901. The van der Waals surface area contributed by atoms with Gasteiger partial charge in [0.15, 0.2) is 5.78 Å². The molecule has 0 saturated heterocycles. The molecule has 4 heteroatoms. The second-order valence-corrected chi connectivity index (χ2v) is 4.75. The van der Waals surface area contributed by atoms with Gasteiger partial charge in [-0.05, 0) is 29.7 Å². The Balaban J connectivity index is 0.00000225. The van der Waals surface area contributed by atoms with Crippen LogP contribution in [-0.4, -0.2) is 16.9 Å². The average molecular weight is 244 g/mol. The van der Waals surface area contributed by atoms with Gasteiger partial charge in [-0.1, -0.05) is 20.8 Å². The highest BCUT2D eigenvalue weighted by molar-refractivity contribution is 6.00. The predicted molar refractivity (Wildman–Crippen MR) is 67.1 cm³/mol. The largest absolute Gasteiger partial charge is 0.508 e. The van der Waals surface area contributed by atoms with Gasteiger partial charge < -0.3 is 10.8 Å². The summed E-state index contributed by atoms with van der Waals surface area (Å²) in [4.78, 5) is 11.9. The summed E-state index contributed by atoms with van der Waals surface area (Å²) in [7, 11) is 0. The van der Waals surface area contributed by atoms with Crippen LogP contribution in [-0.2, 0) is 0 Å². The van der Waals surface area contributed by atoms with E-state index in [4.69, 9.17) is 10.8 Å². The maximum absolute atomic E-state index is 11.9. The van der Waals surface area contributed by atoms with Crippen molar-refractivity contribution in [2.75, 3.05) is 0 Å². The quantitative estimate of drug-likeness (QED) is 0.784. The van der Waals surface area contributed by atoms with E-state index in [1.54, 1.807) is 12.1 Å². The van der Waals surface area contributed by atoms with Gasteiger partial charge in [0.1, 0.15) is 5.75 Å². The summed E-state index contributed by atoms with van der Waals surface area (Å²) >= 11 is 0. The molecular formula is C12H18ClNO2. The van der Waals surface area contributed by atoms with Gasteiger partial charge in [0, 0.05) is 5.56 Å². The lowest BCUT2D eigenvalue weighted by Gasteiger charge is -2.25. The number of rotatable bonds is 2. The molecule has 1 aromatic carbocycles. The normalized spacial score (nSPS) is 12.8. The van der Waals surface area contributed by atoms with E-state index in [2.05, 4.69) is 0 Å². The number of hydrogen-bond donors (Lipinski definition) is 2. The van der Waals surface area contributed by atoms with Crippen molar-refractivity contribution in [1.29, 1.82) is 0 Å². The first-order valence-corrected chi connectivity index (χ1v) is 4.91. The van der Waals surface area contributed by atoms with Gasteiger partial charge in [0.25, 0.3) is 0 Å². The van der Waals surface area contributed by atoms with Crippen LogP contribution < -0.4 is 5.73 Å². The van der Waals surface area contributed by atoms with Gasteiger partial charge in [-0.15, -0.1) is 12.4 Å². The molecule has 0 aliphatic heterocycles. The molecule has 3 nitrogen and oxygen atoms in total. The summed E-state index contributed by atoms with van der Waals surface area (Å²) in [6.07, 6.45) is 0. The molecular weight excluding hydrogens is 226 g/mol. The molecule has 0 spiro atoms. The Morgan fingerprint density at radius 3 is 2.06 bits per heavy atom. The van der Waals surface area contributed by atoms with Crippen LogP contribution in [0.3, 0.4) is 0 Å². The zero-order valence-electron chi connectivity index (χ0n) is 9.73. The number of phenols is 1. The molecule has 90 valence electrons. The van der Waals surface area contributed by atoms with Crippen molar-refractivity contribution in [3.8, 4) is 5.75 Å². The molecule has 3 N–H and O–H groups in total. The highest BCUT2D eigenvalue weighted by atomic mass is 35.5. The van der Waals surface area contributed by atoms with Crippen LogP contribution >= 0.6 is 12.4 Å². The van der Waals surface area contributed by atoms with E-state index in [0.717, 1.165) is 0 Å². The van der Waals surface area contributed by atoms with Gasteiger partial charge in [0.05, 0.1) is 6.04 Å². The maximum Gasteiger partial charge on any atom is 0.180 e. The second kappa shape index (κ2) is 5.32. The van der Waals surface area contributed by atoms with Crippen LogP contribution in [0.5, 0.6) is 5.75 Å². The van der Waals surface area contributed by atoms with Gasteiger partial charge in [0.2, 0.25) is 0 Å². The first-order chi connectivity index (χ1) is 6.82. The van der Waals surface area contributed by atoms with Crippen LogP contribution in [0.1, 0.15) is 31.1 Å². The molecule has 1 rings (SSSR count). The molecule has 0 heterocycles. The van der Waals surface area contributed by atoms with Gasteiger partial charge in [-0.3, -0.25) is 4.79 Å². The molecule has 0 aromatic heterocycles. The van der Waals surface area contributed by atoms with Crippen molar-refractivity contribution in [3.63, 3.8) is 0 Å². The fourth-order valence-electron chi connectivity index (χ4n) is 1.20. The number of hydrogen-bond acceptors (Lipinski definition) is 3. The van der Waals surface area contributed by atoms with Crippen molar-refractivity contribution in [2.45, 2.75) is 26.8 Å². The van der Waals surface area contributed by atoms with E-state index in [0.29, 0.717) is 5.56 Å². The van der Waals surface area contributed by atoms with E-state index < -0.39 is 6.04 Å². The summed E-state index contributed by atoms with van der Waals surface area (Å²) in [6.45, 7) is 5.78. The average Bonchev–Trinajstić information content (AvgIpc) is 2.15. The van der Waals surface area contributed by atoms with Gasteiger partial charge in [-0.25, -0.2) is 0 Å². The van der Waals surface area contributed by atoms with Crippen molar-refractivity contribution in [1.82, 2.24) is 0 Å². The Hall–Kier alpha value is -1.06. The van der Waals surface area contributed by atoms with Crippen LogP contribution in [0.15, 0.2) is 24.3 Å². The fourth-order valence-corrected chi connectivity index (χ4v) is 1.20. The lowest BCUT2D eigenvalue weighted by Crippen LogP contribution is -2.42. The topological polar surface area (TPSA) is 63.3 Å². The number of aromatic hydroxyl groups is 1. The molecule has 0 aliphatic rings. The Labute approximate surface area is 102 Å². The molecule has 0 bridgehead atoms. The summed E-state index contributed by atoms with van der Waals surface area (Å²) in [5, 5.41) is 9.09. The zero-order chi connectivity index (χ0) is 11.6. The molecule has 1 unspecified atom stereocenters. The Bertz CT molecular complexity index is 354. The monoisotopic (exact) mass is 243 g/mol. The molecule has 0 radical (unpaired) electrons. The number of carbonyl (C=O) groups excluding carboxylic acids is 1. The molecule has 0 aliphatic carbocycles. The van der Waals surface area contributed by atoms with Crippen molar-refractivity contribution in [3.05, 3.63) is 29.8 Å². The lowest BCUT2D eigenvalue weighted by atomic mass is 9.83. The van der Waals surface area contributed by atoms with E-state index in [1.165, 1.54) is 12.1 Å². The number of nitrogens with two attached hydrogens (primary N) is 1. The summed E-state index contributed by atoms with van der Waals surface area (Å²) in [5.41, 5.74) is 6.13. The van der Waals surface area contributed by atoms with E-state index in [-0.39, 0.29) is 29.4 Å². The number of ketones is 1. The Morgan fingerprint density at radius 2 is 1.69 bits per heavy atom. The predicted octanol–water partition coefficient (Wildman–Crippen LogP) is 2.37. The summed E-state index contributed by atoms with van der Waals surface area (Å²) in [6, 6.07) is 5.62. The number of phenolic OH excluding ortho intramolecular Hbond substituents is 1. The first-order valence-electron chi connectivity index (χ1n) is 4.91. The molecule has 0 amide bonds. The zero-order valence-corrected chi connectivity index (χ0v) is 10.5. The van der Waals surface area contributed by atoms with E-state index in [1.807, 2.05) is 20.8 Å². The van der Waals surface area contributed by atoms with Crippen LogP contribution in [0, 0.1) is 5.41 Å². The van der Waals surface area contributed by atoms with Crippen molar-refractivity contribution >= 4 is 18.2 Å². The standard InChI is InChI=1S/C12H17NO2.ClH/c1-12(2,3)11(13)10(15)8-4-6-9(14)7-5-8;/h4-7,11,14H,13H2,1-3H3;1H. The fraction of sp³-hybridized carbons (Fsp3) is 0.417. The summed E-state index contributed by atoms with van der Waals surface area (Å²) in [5.74, 6) is 0.0541. The summed E-state index contributed by atoms with van der Waals surface area (Å²) < 4.78 is 0. The minimum atomic E-state index is -0.526. The molecule has 0 fully saturated rings. The van der Waals surface area contributed by atoms with Crippen molar-refractivity contribution in [2.24, 2.45) is 11.1 Å². The van der Waals surface area contributed by atoms with E-state index in [9.17, 15) is 4.79 Å². The molecule has 16 heavy (non-hydrogen) atoms. The number of benzene rings is 1. The smallest absolute Gasteiger partial charge is 0.180 e. The second-order valence-electron chi connectivity index (χ2n) is 4.75. The minimum Gasteiger partial charge on any atom is -0.508 e. The molecule has 0 saturated carbocycles. The molecule has 1 aromatic rings. The van der Waals surface area contributed by atoms with E-state index >= 15 is 0 Å². The van der Waals surface area contributed by atoms with Crippen LogP contribution in [0.4, 0.5) is 0 Å². The third kappa shape index (κ3) is 3.51. The third-order valence-electron chi connectivity index (χ3n) is 2.37. The van der Waals surface area contributed by atoms with Crippen molar-refractivity contribution < 1.29 is 9.90 Å². The first kappa shape index (κ1) is 14.9. The SMILES string of the molecule is CC(C)(C)C(N)C(=O)c1ccc(O)cc1.Cl. The van der Waals surface area contributed by atoms with Crippen LogP contribution in [0.2, 0.25) is 0 Å². The minimum absolute atomic E-state index is 0. The number of Topliss-reactive ketones (excluding diaryl/α,β-unsaturated/α-hetero) is 1.